The predicted octanol–water partition coefficient (Wildman–Crippen LogP) is -0.168. The highest BCUT2D eigenvalue weighted by atomic mass is 16.5. The fourth-order valence-electron chi connectivity index (χ4n) is 1.12. The molecule has 70 valence electrons. The molecule has 0 radical (unpaired) electrons. The molecule has 0 aliphatic carbocycles. The molecule has 1 heterocycles. The van der Waals surface area contributed by atoms with E-state index in [0.717, 1.165) is 6.42 Å². The van der Waals surface area contributed by atoms with E-state index < -0.39 is 0 Å². The lowest BCUT2D eigenvalue weighted by atomic mass is 10.2. The zero-order chi connectivity index (χ0) is 9.14. The normalized spacial score (nSPS) is 29.3. The first-order chi connectivity index (χ1) is 5.59. The summed E-state index contributed by atoms with van der Waals surface area (Å²) >= 11 is 0. The molecule has 1 fully saturated rings. The van der Waals surface area contributed by atoms with Crippen molar-refractivity contribution in [3.8, 4) is 0 Å². The monoisotopic (exact) mass is 172 g/mol. The van der Waals surface area contributed by atoms with Gasteiger partial charge in [-0.05, 0) is 0 Å². The summed E-state index contributed by atoms with van der Waals surface area (Å²) in [6, 6.07) is 0. The van der Waals surface area contributed by atoms with Crippen molar-refractivity contribution in [1.29, 1.82) is 0 Å². The van der Waals surface area contributed by atoms with Crippen LogP contribution in [-0.4, -0.2) is 24.8 Å². The molecule has 0 aromatic rings. The van der Waals surface area contributed by atoms with Crippen LogP contribution in [0.5, 0.6) is 0 Å². The minimum Gasteiger partial charge on any atom is -0.461 e. The molecule has 1 aliphatic heterocycles. The third-order valence-electron chi connectivity index (χ3n) is 1.88. The Hall–Kier alpha value is -0.610. The number of carbonyl (C=O) groups excluding carboxylic acids is 1. The quantitative estimate of drug-likeness (QED) is 0.568. The van der Waals surface area contributed by atoms with Crippen LogP contribution in [0.1, 0.15) is 20.3 Å². The second-order valence-electron chi connectivity index (χ2n) is 3.46. The molecule has 4 nitrogen and oxygen atoms in total. The van der Waals surface area contributed by atoms with Crippen molar-refractivity contribution < 1.29 is 9.53 Å². The van der Waals surface area contributed by atoms with Gasteiger partial charge in [0.15, 0.2) is 0 Å². The Morgan fingerprint density at radius 1 is 1.67 bits per heavy atom. The van der Waals surface area contributed by atoms with Gasteiger partial charge < -0.3 is 10.5 Å². The summed E-state index contributed by atoms with van der Waals surface area (Å²) < 4.78 is 5.16. The van der Waals surface area contributed by atoms with E-state index in [-0.39, 0.29) is 24.2 Å². The maximum absolute atomic E-state index is 11.1. The lowest BCUT2D eigenvalue weighted by Crippen LogP contribution is -2.30. The number of nitrogens with two attached hydrogens (primary N) is 1. The van der Waals surface area contributed by atoms with Crippen molar-refractivity contribution in [2.75, 3.05) is 6.54 Å². The van der Waals surface area contributed by atoms with Crippen LogP contribution in [0, 0.1) is 5.92 Å². The zero-order valence-corrected chi connectivity index (χ0v) is 7.54. The van der Waals surface area contributed by atoms with Crippen LogP contribution in [0.15, 0.2) is 0 Å². The maximum atomic E-state index is 11.1. The molecule has 1 rings (SSSR count). The zero-order valence-electron chi connectivity index (χ0n) is 7.54. The fraction of sp³-hybridized carbons (Fsp3) is 0.875. The number of esters is 1. The van der Waals surface area contributed by atoms with E-state index in [2.05, 4.69) is 5.32 Å². The molecule has 0 bridgehead atoms. The van der Waals surface area contributed by atoms with Crippen molar-refractivity contribution in [2.45, 2.75) is 32.5 Å². The van der Waals surface area contributed by atoms with E-state index in [1.807, 2.05) is 13.8 Å². The first-order valence-electron chi connectivity index (χ1n) is 4.29. The smallest absolute Gasteiger partial charge is 0.308 e. The molecule has 3 N–H and O–H groups in total. The number of nitrogens with one attached hydrogen (secondary N) is 1. The third kappa shape index (κ3) is 2.46. The fourth-order valence-corrected chi connectivity index (χ4v) is 1.12. The molecule has 2 unspecified atom stereocenters. The van der Waals surface area contributed by atoms with Crippen molar-refractivity contribution in [3.63, 3.8) is 0 Å². The van der Waals surface area contributed by atoms with Crippen LogP contribution < -0.4 is 11.1 Å². The third-order valence-corrected chi connectivity index (χ3v) is 1.88. The first-order valence-corrected chi connectivity index (χ1v) is 4.29. The van der Waals surface area contributed by atoms with Gasteiger partial charge >= 0.3 is 5.97 Å². The van der Waals surface area contributed by atoms with Gasteiger partial charge in [-0.25, -0.2) is 0 Å². The standard InChI is InChI=1S/C8H16N2O2/c1-5(2)8(11)12-6-3-7(9)10-4-6/h5-7,10H,3-4,9H2,1-2H3. The Morgan fingerprint density at radius 2 is 2.33 bits per heavy atom. The van der Waals surface area contributed by atoms with E-state index in [0.29, 0.717) is 6.54 Å². The average Bonchev–Trinajstić information content (AvgIpc) is 2.35. The van der Waals surface area contributed by atoms with Gasteiger partial charge in [0.2, 0.25) is 0 Å². The highest BCUT2D eigenvalue weighted by Gasteiger charge is 2.24. The molecule has 4 heteroatoms. The summed E-state index contributed by atoms with van der Waals surface area (Å²) in [7, 11) is 0. The highest BCUT2D eigenvalue weighted by molar-refractivity contribution is 5.71. The molecule has 0 aromatic carbocycles. The van der Waals surface area contributed by atoms with Crippen LogP contribution in [0.25, 0.3) is 0 Å². The molecule has 2 atom stereocenters. The van der Waals surface area contributed by atoms with Gasteiger partial charge in [-0.15, -0.1) is 0 Å². The Bertz CT molecular complexity index is 170. The van der Waals surface area contributed by atoms with Crippen LogP contribution >= 0.6 is 0 Å². The molecule has 0 saturated carbocycles. The molecule has 0 aromatic heterocycles. The van der Waals surface area contributed by atoms with Crippen LogP contribution in [0.3, 0.4) is 0 Å². The summed E-state index contributed by atoms with van der Waals surface area (Å²) in [4.78, 5) is 11.1. The largest absolute Gasteiger partial charge is 0.461 e. The summed E-state index contributed by atoms with van der Waals surface area (Å²) in [5.41, 5.74) is 5.57. The molecule has 1 aliphatic rings. The molecule has 0 amide bonds. The number of hydrogen-bond donors (Lipinski definition) is 2. The lowest BCUT2D eigenvalue weighted by molar-refractivity contribution is -0.151. The molecule has 0 spiro atoms. The molecule has 1 saturated heterocycles. The second-order valence-corrected chi connectivity index (χ2v) is 3.46. The second kappa shape index (κ2) is 3.87. The lowest BCUT2D eigenvalue weighted by Gasteiger charge is -2.12. The van der Waals surface area contributed by atoms with Crippen molar-refractivity contribution in [2.24, 2.45) is 11.7 Å². The van der Waals surface area contributed by atoms with E-state index in [1.54, 1.807) is 0 Å². The number of hydrogen-bond acceptors (Lipinski definition) is 4. The van der Waals surface area contributed by atoms with Crippen LogP contribution in [0.2, 0.25) is 0 Å². The Kier molecular flexibility index (Phi) is 3.05. The molecular formula is C8H16N2O2. The predicted molar refractivity (Wildman–Crippen MR) is 45.3 cm³/mol. The van der Waals surface area contributed by atoms with Crippen molar-refractivity contribution >= 4 is 5.97 Å². The van der Waals surface area contributed by atoms with Gasteiger partial charge in [-0.2, -0.15) is 0 Å². The summed E-state index contributed by atoms with van der Waals surface area (Å²) in [5, 5.41) is 3.01. The number of carbonyl (C=O) groups is 1. The van der Waals surface area contributed by atoms with Crippen molar-refractivity contribution in [3.05, 3.63) is 0 Å². The van der Waals surface area contributed by atoms with Gasteiger partial charge in [0.25, 0.3) is 0 Å². The van der Waals surface area contributed by atoms with E-state index in [4.69, 9.17) is 10.5 Å². The van der Waals surface area contributed by atoms with Crippen LogP contribution in [-0.2, 0) is 9.53 Å². The Labute approximate surface area is 72.5 Å². The molecule has 12 heavy (non-hydrogen) atoms. The summed E-state index contributed by atoms with van der Waals surface area (Å²) in [6.45, 7) is 4.33. The number of rotatable bonds is 2. The van der Waals surface area contributed by atoms with Gasteiger partial charge in [0.05, 0.1) is 12.1 Å². The van der Waals surface area contributed by atoms with E-state index >= 15 is 0 Å². The highest BCUT2D eigenvalue weighted by Crippen LogP contribution is 2.09. The summed E-state index contributed by atoms with van der Waals surface area (Å²) in [5.74, 6) is -0.197. The van der Waals surface area contributed by atoms with E-state index in [1.165, 1.54) is 0 Å². The maximum Gasteiger partial charge on any atom is 0.308 e. The first kappa shape index (κ1) is 9.48. The van der Waals surface area contributed by atoms with Gasteiger partial charge in [-0.3, -0.25) is 10.1 Å². The van der Waals surface area contributed by atoms with Gasteiger partial charge in [0.1, 0.15) is 6.10 Å². The Balaban J connectivity index is 2.28. The van der Waals surface area contributed by atoms with Crippen molar-refractivity contribution in [1.82, 2.24) is 5.32 Å². The van der Waals surface area contributed by atoms with Gasteiger partial charge in [0, 0.05) is 13.0 Å². The topological polar surface area (TPSA) is 64.3 Å². The average molecular weight is 172 g/mol. The number of ether oxygens (including phenoxy) is 1. The SMILES string of the molecule is CC(C)C(=O)OC1CNC(N)C1. The minimum absolute atomic E-state index is 0.0186. The summed E-state index contributed by atoms with van der Waals surface area (Å²) in [6.07, 6.45) is 0.670. The molecular weight excluding hydrogens is 156 g/mol. The minimum atomic E-state index is -0.143. The Morgan fingerprint density at radius 3 is 2.75 bits per heavy atom. The van der Waals surface area contributed by atoms with Gasteiger partial charge in [-0.1, -0.05) is 13.8 Å². The van der Waals surface area contributed by atoms with Crippen LogP contribution in [0.4, 0.5) is 0 Å². The van der Waals surface area contributed by atoms with E-state index in [9.17, 15) is 4.79 Å².